The monoisotopic (exact) mass is 269 g/mol. The molecule has 2 aromatic rings. The van der Waals surface area contributed by atoms with E-state index in [9.17, 15) is 4.79 Å². The number of hydrogen-bond acceptors (Lipinski definition) is 4. The van der Waals surface area contributed by atoms with Crippen LogP contribution in [0.15, 0.2) is 53.7 Å². The van der Waals surface area contributed by atoms with Crippen LogP contribution >= 0.6 is 0 Å². The molecule has 4 heteroatoms. The number of ether oxygens (including phenoxy) is 1. The van der Waals surface area contributed by atoms with E-state index in [-0.39, 0.29) is 0 Å². The smallest absolute Gasteiger partial charge is 0.343 e. The summed E-state index contributed by atoms with van der Waals surface area (Å²) in [6, 6.07) is 14.0. The number of oxime groups is 1. The van der Waals surface area contributed by atoms with E-state index in [1.165, 1.54) is 0 Å². The Balaban J connectivity index is 2.10. The van der Waals surface area contributed by atoms with Crippen LogP contribution in [-0.4, -0.2) is 16.9 Å². The fourth-order valence-electron chi connectivity index (χ4n) is 1.68. The van der Waals surface area contributed by atoms with E-state index in [0.717, 1.165) is 11.1 Å². The minimum atomic E-state index is -0.398. The van der Waals surface area contributed by atoms with E-state index < -0.39 is 5.97 Å². The van der Waals surface area contributed by atoms with E-state index in [1.807, 2.05) is 19.1 Å². The number of aryl methyl sites for hydroxylation is 1. The first-order valence-corrected chi connectivity index (χ1v) is 6.18. The zero-order chi connectivity index (χ0) is 14.5. The molecule has 0 atom stereocenters. The van der Waals surface area contributed by atoms with Crippen LogP contribution in [0.2, 0.25) is 0 Å². The molecule has 4 nitrogen and oxygen atoms in total. The Labute approximate surface area is 117 Å². The van der Waals surface area contributed by atoms with E-state index in [0.29, 0.717) is 17.0 Å². The molecule has 0 unspecified atom stereocenters. The van der Waals surface area contributed by atoms with Crippen LogP contribution in [0.5, 0.6) is 5.75 Å². The third-order valence-corrected chi connectivity index (χ3v) is 2.92. The second kappa shape index (κ2) is 6.02. The fourth-order valence-corrected chi connectivity index (χ4v) is 1.68. The number of nitrogens with zero attached hydrogens (tertiary/aromatic N) is 1. The summed E-state index contributed by atoms with van der Waals surface area (Å²) in [5.74, 6) is 0.0513. The predicted molar refractivity (Wildman–Crippen MR) is 76.6 cm³/mol. The molecule has 2 rings (SSSR count). The first-order valence-electron chi connectivity index (χ1n) is 6.18. The molecule has 0 spiro atoms. The van der Waals surface area contributed by atoms with Gasteiger partial charge in [-0.05, 0) is 55.8 Å². The summed E-state index contributed by atoms with van der Waals surface area (Å²) in [4.78, 5) is 11.9. The van der Waals surface area contributed by atoms with Crippen molar-refractivity contribution in [1.29, 1.82) is 0 Å². The Hall–Kier alpha value is -2.62. The van der Waals surface area contributed by atoms with Crippen LogP contribution < -0.4 is 4.74 Å². The van der Waals surface area contributed by atoms with Gasteiger partial charge in [0.15, 0.2) is 0 Å². The summed E-state index contributed by atoms with van der Waals surface area (Å²) in [6.07, 6.45) is 0. The van der Waals surface area contributed by atoms with Crippen LogP contribution in [0, 0.1) is 6.92 Å². The number of carbonyl (C=O) groups excluding carboxylic acids is 1. The first-order chi connectivity index (χ1) is 9.60. The van der Waals surface area contributed by atoms with Gasteiger partial charge < -0.3 is 9.94 Å². The maximum Gasteiger partial charge on any atom is 0.343 e. The minimum Gasteiger partial charge on any atom is -0.423 e. The Morgan fingerprint density at radius 2 is 1.55 bits per heavy atom. The lowest BCUT2D eigenvalue weighted by Crippen LogP contribution is -2.08. The van der Waals surface area contributed by atoms with Crippen LogP contribution in [0.1, 0.15) is 28.4 Å². The molecule has 0 heterocycles. The van der Waals surface area contributed by atoms with Gasteiger partial charge >= 0.3 is 5.97 Å². The van der Waals surface area contributed by atoms with Gasteiger partial charge in [0.25, 0.3) is 0 Å². The summed E-state index contributed by atoms with van der Waals surface area (Å²) in [7, 11) is 0. The van der Waals surface area contributed by atoms with Crippen molar-refractivity contribution in [3.63, 3.8) is 0 Å². The van der Waals surface area contributed by atoms with Crippen LogP contribution in [0.4, 0.5) is 0 Å². The highest BCUT2D eigenvalue weighted by Crippen LogP contribution is 2.15. The van der Waals surface area contributed by atoms with Crippen LogP contribution in [0.25, 0.3) is 0 Å². The van der Waals surface area contributed by atoms with Crippen molar-refractivity contribution >= 4 is 11.7 Å². The molecule has 0 fully saturated rings. The summed E-state index contributed by atoms with van der Waals surface area (Å²) in [5.41, 5.74) is 2.86. The van der Waals surface area contributed by atoms with Crippen molar-refractivity contribution in [2.24, 2.45) is 5.16 Å². The summed E-state index contributed by atoms with van der Waals surface area (Å²) < 4.78 is 5.27. The molecule has 1 N–H and O–H groups in total. The second-order valence-corrected chi connectivity index (χ2v) is 4.47. The van der Waals surface area contributed by atoms with Gasteiger partial charge in [-0.3, -0.25) is 0 Å². The second-order valence-electron chi connectivity index (χ2n) is 4.47. The summed E-state index contributed by atoms with van der Waals surface area (Å²) in [6.45, 7) is 3.65. The van der Waals surface area contributed by atoms with E-state index >= 15 is 0 Å². The van der Waals surface area contributed by atoms with E-state index in [2.05, 4.69) is 5.16 Å². The number of hydrogen-bond donors (Lipinski definition) is 1. The molecule has 0 radical (unpaired) electrons. The number of rotatable bonds is 3. The van der Waals surface area contributed by atoms with Crippen LogP contribution in [-0.2, 0) is 0 Å². The molecular weight excluding hydrogens is 254 g/mol. The fraction of sp³-hybridized carbons (Fsp3) is 0.125. The highest BCUT2D eigenvalue weighted by atomic mass is 16.5. The molecule has 0 amide bonds. The highest BCUT2D eigenvalue weighted by Gasteiger charge is 2.08. The van der Waals surface area contributed by atoms with Crippen molar-refractivity contribution in [1.82, 2.24) is 0 Å². The molecule has 0 aliphatic carbocycles. The highest BCUT2D eigenvalue weighted by molar-refractivity contribution is 5.98. The molecular formula is C16H15NO3. The molecule has 0 saturated carbocycles. The quantitative estimate of drug-likeness (QED) is 0.305. The van der Waals surface area contributed by atoms with E-state index in [1.54, 1.807) is 43.3 Å². The summed E-state index contributed by atoms with van der Waals surface area (Å²) >= 11 is 0. The van der Waals surface area contributed by atoms with Gasteiger partial charge in [-0.25, -0.2) is 4.79 Å². The number of esters is 1. The van der Waals surface area contributed by atoms with Gasteiger partial charge in [0.05, 0.1) is 11.3 Å². The third-order valence-electron chi connectivity index (χ3n) is 2.92. The number of benzene rings is 2. The zero-order valence-electron chi connectivity index (χ0n) is 11.3. The van der Waals surface area contributed by atoms with Gasteiger partial charge in [0, 0.05) is 0 Å². The molecule has 0 aromatic heterocycles. The average molecular weight is 269 g/mol. The van der Waals surface area contributed by atoms with Crippen molar-refractivity contribution in [3.05, 3.63) is 65.2 Å². The first kappa shape index (κ1) is 13.8. The molecule has 0 aliphatic heterocycles. The maximum absolute atomic E-state index is 11.9. The standard InChI is InChI=1S/C16H15NO3/c1-11-3-5-14(6-4-11)16(18)20-15-9-7-13(8-10-15)12(2)17-19/h3-10,19H,1-2H3/b17-12+. The van der Waals surface area contributed by atoms with Gasteiger partial charge in [-0.15, -0.1) is 0 Å². The lowest BCUT2D eigenvalue weighted by atomic mass is 10.1. The largest absolute Gasteiger partial charge is 0.423 e. The molecule has 0 bridgehead atoms. The molecule has 2 aromatic carbocycles. The Morgan fingerprint density at radius 3 is 2.10 bits per heavy atom. The van der Waals surface area contributed by atoms with Gasteiger partial charge in [0.2, 0.25) is 0 Å². The molecule has 0 saturated heterocycles. The lowest BCUT2D eigenvalue weighted by Gasteiger charge is -2.05. The minimum absolute atomic E-state index is 0.398. The van der Waals surface area contributed by atoms with Gasteiger partial charge in [-0.2, -0.15) is 0 Å². The SMILES string of the molecule is C/C(=N\O)c1ccc(OC(=O)c2ccc(C)cc2)cc1. The zero-order valence-corrected chi connectivity index (χ0v) is 11.3. The van der Waals surface area contributed by atoms with Crippen molar-refractivity contribution in [3.8, 4) is 5.75 Å². The average Bonchev–Trinajstić information content (AvgIpc) is 2.48. The topological polar surface area (TPSA) is 58.9 Å². The van der Waals surface area contributed by atoms with Crippen molar-refractivity contribution in [2.75, 3.05) is 0 Å². The van der Waals surface area contributed by atoms with Crippen molar-refractivity contribution < 1.29 is 14.7 Å². The maximum atomic E-state index is 11.9. The predicted octanol–water partition coefficient (Wildman–Crippen LogP) is 3.41. The van der Waals surface area contributed by atoms with Gasteiger partial charge in [0.1, 0.15) is 5.75 Å². The van der Waals surface area contributed by atoms with Gasteiger partial charge in [-0.1, -0.05) is 22.9 Å². The molecule has 102 valence electrons. The van der Waals surface area contributed by atoms with Crippen LogP contribution in [0.3, 0.4) is 0 Å². The normalized spacial score (nSPS) is 11.2. The summed E-state index contributed by atoms with van der Waals surface area (Å²) in [5, 5.41) is 11.8. The van der Waals surface area contributed by atoms with Crippen molar-refractivity contribution in [2.45, 2.75) is 13.8 Å². The Bertz CT molecular complexity index is 628. The van der Waals surface area contributed by atoms with E-state index in [4.69, 9.17) is 9.94 Å². The molecule has 20 heavy (non-hydrogen) atoms. The number of carbonyl (C=O) groups is 1. The lowest BCUT2D eigenvalue weighted by molar-refractivity contribution is 0.0735. The molecule has 0 aliphatic rings. The third kappa shape index (κ3) is 3.23. The Morgan fingerprint density at radius 1 is 1.00 bits per heavy atom. The Kier molecular flexibility index (Phi) is 4.15.